The van der Waals surface area contributed by atoms with Crippen LogP contribution in [0.3, 0.4) is 0 Å². The van der Waals surface area contributed by atoms with Crippen LogP contribution in [0.2, 0.25) is 0 Å². The average molecular weight is 177 g/mol. The first-order chi connectivity index (χ1) is 6.43. The Labute approximate surface area is 77.9 Å². The molecule has 2 heterocycles. The molecule has 1 aliphatic heterocycles. The van der Waals surface area contributed by atoms with Crippen LogP contribution in [0.4, 0.5) is 0 Å². The van der Waals surface area contributed by atoms with Crippen LogP contribution in [-0.4, -0.2) is 22.8 Å². The van der Waals surface area contributed by atoms with E-state index in [1.54, 1.807) is 0 Å². The van der Waals surface area contributed by atoms with Gasteiger partial charge in [-0.1, -0.05) is 0 Å². The van der Waals surface area contributed by atoms with Gasteiger partial charge < -0.3 is 5.32 Å². The number of nitrogens with one attached hydrogen (secondary N) is 2. The first kappa shape index (κ1) is 7.56. The van der Waals surface area contributed by atoms with Crippen LogP contribution in [0.1, 0.15) is 30.7 Å². The van der Waals surface area contributed by atoms with Crippen molar-refractivity contribution in [1.29, 1.82) is 0 Å². The molecule has 1 saturated heterocycles. The molecule has 3 rings (SSSR count). The largest absolute Gasteiger partial charge is 0.314 e. The quantitative estimate of drug-likeness (QED) is 0.678. The number of nitrogens with zero attached hydrogens (tertiary/aromatic N) is 1. The van der Waals surface area contributed by atoms with Gasteiger partial charge in [0.05, 0.1) is 6.20 Å². The van der Waals surface area contributed by atoms with E-state index in [0.29, 0.717) is 0 Å². The number of rotatable bonds is 1. The third kappa shape index (κ3) is 1.18. The molecule has 0 aromatic carbocycles. The molecule has 1 saturated carbocycles. The summed E-state index contributed by atoms with van der Waals surface area (Å²) in [5, 5.41) is 10.5. The lowest BCUT2D eigenvalue weighted by Gasteiger charge is -2.26. The van der Waals surface area contributed by atoms with E-state index in [-0.39, 0.29) is 0 Å². The minimum atomic E-state index is 0.755. The van der Waals surface area contributed by atoms with Crippen molar-refractivity contribution in [2.45, 2.75) is 31.2 Å². The Morgan fingerprint density at radius 3 is 3.23 bits per heavy atom. The Morgan fingerprint density at radius 2 is 2.38 bits per heavy atom. The maximum atomic E-state index is 4.03. The van der Waals surface area contributed by atoms with Gasteiger partial charge in [-0.3, -0.25) is 5.10 Å². The molecule has 3 nitrogen and oxygen atoms in total. The van der Waals surface area contributed by atoms with Gasteiger partial charge in [-0.2, -0.15) is 5.10 Å². The van der Waals surface area contributed by atoms with E-state index >= 15 is 0 Å². The summed E-state index contributed by atoms with van der Waals surface area (Å²) >= 11 is 0. The maximum Gasteiger partial charge on any atom is 0.0522 e. The first-order valence-corrected chi connectivity index (χ1v) is 5.15. The second kappa shape index (κ2) is 2.84. The predicted octanol–water partition coefficient (Wildman–Crippen LogP) is 1.27. The lowest BCUT2D eigenvalue weighted by Crippen LogP contribution is -2.22. The summed E-state index contributed by atoms with van der Waals surface area (Å²) in [6, 6.07) is 0.813. The lowest BCUT2D eigenvalue weighted by molar-refractivity contribution is 0.356. The lowest BCUT2D eigenvalue weighted by atomic mass is 9.77. The van der Waals surface area contributed by atoms with Gasteiger partial charge >= 0.3 is 0 Å². The molecule has 13 heavy (non-hydrogen) atoms. The molecule has 0 radical (unpaired) electrons. The highest BCUT2D eigenvalue weighted by atomic mass is 15.1. The van der Waals surface area contributed by atoms with Crippen molar-refractivity contribution in [2.75, 3.05) is 6.54 Å². The minimum Gasteiger partial charge on any atom is -0.314 e. The molecule has 3 heteroatoms. The van der Waals surface area contributed by atoms with Crippen molar-refractivity contribution in [2.24, 2.45) is 5.92 Å². The molecule has 3 atom stereocenters. The normalized spacial score (nSPS) is 38.0. The van der Waals surface area contributed by atoms with Crippen molar-refractivity contribution in [3.63, 3.8) is 0 Å². The zero-order chi connectivity index (χ0) is 8.67. The molecule has 2 N–H and O–H groups in total. The molecule has 2 bridgehead atoms. The molecule has 70 valence electrons. The van der Waals surface area contributed by atoms with Crippen LogP contribution in [-0.2, 0) is 0 Å². The van der Waals surface area contributed by atoms with Crippen LogP contribution in [0.5, 0.6) is 0 Å². The number of aromatic nitrogens is 2. The van der Waals surface area contributed by atoms with Gasteiger partial charge in [-0.15, -0.1) is 0 Å². The van der Waals surface area contributed by atoms with E-state index in [4.69, 9.17) is 0 Å². The van der Waals surface area contributed by atoms with E-state index < -0.39 is 0 Å². The predicted molar refractivity (Wildman–Crippen MR) is 50.5 cm³/mol. The zero-order valence-corrected chi connectivity index (χ0v) is 7.66. The van der Waals surface area contributed by atoms with E-state index in [9.17, 15) is 0 Å². The van der Waals surface area contributed by atoms with E-state index in [2.05, 4.69) is 21.7 Å². The first-order valence-electron chi connectivity index (χ1n) is 5.15. The van der Waals surface area contributed by atoms with Gasteiger partial charge in [-0.05, 0) is 43.2 Å². The monoisotopic (exact) mass is 177 g/mol. The SMILES string of the molecule is c1n[nH]cc1C1CCC2CC1CN2. The molecular formula is C10H15N3. The Morgan fingerprint density at radius 1 is 1.38 bits per heavy atom. The number of H-pyrrole nitrogens is 1. The molecule has 1 aromatic heterocycles. The van der Waals surface area contributed by atoms with E-state index in [1.807, 2.05) is 6.20 Å². The van der Waals surface area contributed by atoms with Crippen molar-refractivity contribution in [3.05, 3.63) is 18.0 Å². The van der Waals surface area contributed by atoms with Crippen LogP contribution >= 0.6 is 0 Å². The van der Waals surface area contributed by atoms with Crippen LogP contribution < -0.4 is 5.32 Å². The molecule has 0 amide bonds. The third-order valence-electron chi connectivity index (χ3n) is 3.60. The van der Waals surface area contributed by atoms with Gasteiger partial charge in [-0.25, -0.2) is 0 Å². The zero-order valence-electron chi connectivity index (χ0n) is 7.66. The van der Waals surface area contributed by atoms with Crippen LogP contribution in [0.15, 0.2) is 12.4 Å². The summed E-state index contributed by atoms with van der Waals surface area (Å²) in [5.41, 5.74) is 1.41. The highest BCUT2D eigenvalue weighted by Crippen LogP contribution is 2.40. The van der Waals surface area contributed by atoms with Gasteiger partial charge in [0, 0.05) is 12.2 Å². The molecular weight excluding hydrogens is 162 g/mol. The summed E-state index contributed by atoms with van der Waals surface area (Å²) in [6.07, 6.45) is 8.09. The summed E-state index contributed by atoms with van der Waals surface area (Å²) in [4.78, 5) is 0. The molecule has 3 unspecified atom stereocenters. The number of hydrogen-bond donors (Lipinski definition) is 2. The van der Waals surface area contributed by atoms with Crippen molar-refractivity contribution < 1.29 is 0 Å². The summed E-state index contributed by atoms with van der Waals surface area (Å²) in [5.74, 6) is 1.61. The smallest absolute Gasteiger partial charge is 0.0522 e. The van der Waals surface area contributed by atoms with Crippen LogP contribution in [0, 0.1) is 5.92 Å². The van der Waals surface area contributed by atoms with E-state index in [0.717, 1.165) is 17.9 Å². The molecule has 2 aliphatic rings. The third-order valence-corrected chi connectivity index (χ3v) is 3.60. The minimum absolute atomic E-state index is 0.755. The second-order valence-electron chi connectivity index (χ2n) is 4.32. The molecule has 1 aliphatic carbocycles. The molecule has 1 aromatic rings. The van der Waals surface area contributed by atoms with Crippen molar-refractivity contribution in [3.8, 4) is 0 Å². The van der Waals surface area contributed by atoms with Crippen LogP contribution in [0.25, 0.3) is 0 Å². The average Bonchev–Trinajstić information content (AvgIpc) is 2.77. The Hall–Kier alpha value is -0.830. The maximum absolute atomic E-state index is 4.03. The van der Waals surface area contributed by atoms with Gasteiger partial charge in [0.2, 0.25) is 0 Å². The fourth-order valence-electron chi connectivity index (χ4n) is 2.90. The van der Waals surface area contributed by atoms with E-state index in [1.165, 1.54) is 31.4 Å². The highest BCUT2D eigenvalue weighted by molar-refractivity contribution is 5.15. The highest BCUT2D eigenvalue weighted by Gasteiger charge is 2.36. The van der Waals surface area contributed by atoms with Gasteiger partial charge in [0.25, 0.3) is 0 Å². The van der Waals surface area contributed by atoms with Crippen molar-refractivity contribution >= 4 is 0 Å². The standard InChI is InChI=1S/C10H15N3/c1-2-10(8-5-12-13-6-8)7-3-9(1)11-4-7/h5-7,9-11H,1-4H2,(H,12,13). The Balaban J connectivity index is 1.84. The Bertz CT molecular complexity index is 280. The fourth-order valence-corrected chi connectivity index (χ4v) is 2.90. The summed E-state index contributed by atoms with van der Waals surface area (Å²) in [7, 11) is 0. The summed E-state index contributed by atoms with van der Waals surface area (Å²) < 4.78 is 0. The number of fused-ring (bicyclic) bond motifs is 2. The molecule has 2 fully saturated rings. The topological polar surface area (TPSA) is 40.7 Å². The summed E-state index contributed by atoms with van der Waals surface area (Å²) in [6.45, 7) is 1.21. The molecule has 0 spiro atoms. The van der Waals surface area contributed by atoms with Crippen molar-refractivity contribution in [1.82, 2.24) is 15.5 Å². The fraction of sp³-hybridized carbons (Fsp3) is 0.700. The van der Waals surface area contributed by atoms with Gasteiger partial charge in [0.1, 0.15) is 0 Å². The number of aromatic amines is 1. The van der Waals surface area contributed by atoms with Gasteiger partial charge in [0.15, 0.2) is 0 Å². The Kier molecular flexibility index (Phi) is 1.65. The second-order valence-corrected chi connectivity index (χ2v) is 4.32. The number of hydrogen-bond acceptors (Lipinski definition) is 2.